The second-order valence-corrected chi connectivity index (χ2v) is 4.63. The molecule has 18 heavy (non-hydrogen) atoms. The van der Waals surface area contributed by atoms with Crippen molar-refractivity contribution in [1.29, 1.82) is 0 Å². The molecule has 1 aromatic carbocycles. The molecule has 1 heterocycles. The third kappa shape index (κ3) is 2.59. The van der Waals surface area contributed by atoms with Crippen LogP contribution in [0.25, 0.3) is 0 Å². The largest absolute Gasteiger partial charge is 0.336 e. The van der Waals surface area contributed by atoms with E-state index in [2.05, 4.69) is 5.32 Å². The van der Waals surface area contributed by atoms with E-state index in [0.717, 1.165) is 31.7 Å². The first-order valence-electron chi connectivity index (χ1n) is 6.21. The molecule has 1 aliphatic rings. The summed E-state index contributed by atoms with van der Waals surface area (Å²) in [5.41, 5.74) is 2.22. The van der Waals surface area contributed by atoms with Gasteiger partial charge in [0.1, 0.15) is 0 Å². The van der Waals surface area contributed by atoms with Crippen LogP contribution in [0, 0.1) is 6.92 Å². The van der Waals surface area contributed by atoms with Crippen LogP contribution >= 0.6 is 0 Å². The van der Waals surface area contributed by atoms with Gasteiger partial charge >= 0.3 is 0 Å². The molecule has 0 bridgehead atoms. The number of hydrogen-bond donors (Lipinski definition) is 1. The quantitative estimate of drug-likeness (QED) is 0.799. The van der Waals surface area contributed by atoms with E-state index in [1.807, 2.05) is 11.8 Å². The minimum Gasteiger partial charge on any atom is -0.336 e. The van der Waals surface area contributed by atoms with Crippen molar-refractivity contribution in [2.24, 2.45) is 0 Å². The molecule has 4 nitrogen and oxygen atoms in total. The van der Waals surface area contributed by atoms with Crippen molar-refractivity contribution >= 4 is 11.7 Å². The molecule has 0 aliphatic carbocycles. The van der Waals surface area contributed by atoms with Gasteiger partial charge in [-0.1, -0.05) is 6.07 Å². The highest BCUT2D eigenvalue weighted by Crippen LogP contribution is 2.14. The van der Waals surface area contributed by atoms with Crippen LogP contribution in [-0.4, -0.2) is 42.8 Å². The molecule has 1 fully saturated rings. The number of nitrogens with one attached hydrogen (secondary N) is 1. The lowest BCUT2D eigenvalue weighted by atomic mass is 10.0. The van der Waals surface area contributed by atoms with Gasteiger partial charge in [-0.3, -0.25) is 9.59 Å². The van der Waals surface area contributed by atoms with Crippen molar-refractivity contribution in [3.63, 3.8) is 0 Å². The molecule has 1 saturated heterocycles. The average Bonchev–Trinajstić information content (AvgIpc) is 2.38. The Morgan fingerprint density at radius 1 is 1.22 bits per heavy atom. The molecule has 1 aromatic rings. The van der Waals surface area contributed by atoms with Crippen molar-refractivity contribution in [2.75, 3.05) is 26.2 Å². The number of aryl methyl sites for hydroxylation is 1. The van der Waals surface area contributed by atoms with Crippen LogP contribution in [0.5, 0.6) is 0 Å². The number of hydrogen-bond acceptors (Lipinski definition) is 3. The topological polar surface area (TPSA) is 49.4 Å². The fourth-order valence-corrected chi connectivity index (χ4v) is 2.24. The zero-order valence-corrected chi connectivity index (χ0v) is 10.8. The van der Waals surface area contributed by atoms with Gasteiger partial charge < -0.3 is 10.2 Å². The second-order valence-electron chi connectivity index (χ2n) is 4.63. The Hall–Kier alpha value is -1.68. The Kier molecular flexibility index (Phi) is 3.77. The van der Waals surface area contributed by atoms with Crippen molar-refractivity contribution < 1.29 is 9.59 Å². The van der Waals surface area contributed by atoms with E-state index >= 15 is 0 Å². The zero-order valence-electron chi connectivity index (χ0n) is 10.8. The number of Topliss-reactive ketones (excluding diaryl/α,β-unsaturated/α-hetero) is 1. The first-order chi connectivity index (χ1) is 8.59. The Morgan fingerprint density at radius 3 is 2.44 bits per heavy atom. The molecule has 0 aromatic heterocycles. The number of ketones is 1. The van der Waals surface area contributed by atoms with Crippen molar-refractivity contribution in [3.05, 3.63) is 34.9 Å². The van der Waals surface area contributed by atoms with Crippen LogP contribution in [-0.2, 0) is 0 Å². The molecule has 0 unspecified atom stereocenters. The monoisotopic (exact) mass is 246 g/mol. The maximum Gasteiger partial charge on any atom is 0.253 e. The van der Waals surface area contributed by atoms with E-state index in [1.54, 1.807) is 25.1 Å². The standard InChI is InChI=1S/C14H18N2O2/c1-10-9-12(3-4-13(10)11(2)17)14(18)16-7-5-15-6-8-16/h3-4,9,15H,5-8H2,1-2H3. The van der Waals surface area contributed by atoms with Gasteiger partial charge in [0.05, 0.1) is 0 Å². The van der Waals surface area contributed by atoms with Crippen LogP contribution in [0.15, 0.2) is 18.2 Å². The number of piperazine rings is 1. The molecule has 96 valence electrons. The van der Waals surface area contributed by atoms with E-state index in [4.69, 9.17) is 0 Å². The summed E-state index contributed by atoms with van der Waals surface area (Å²) in [5, 5.41) is 3.22. The summed E-state index contributed by atoms with van der Waals surface area (Å²) in [4.78, 5) is 25.4. The van der Waals surface area contributed by atoms with Gasteiger partial charge in [-0.25, -0.2) is 0 Å². The van der Waals surface area contributed by atoms with Gasteiger partial charge in [-0.2, -0.15) is 0 Å². The van der Waals surface area contributed by atoms with E-state index in [-0.39, 0.29) is 11.7 Å². The molecule has 4 heteroatoms. The van der Waals surface area contributed by atoms with Crippen LogP contribution in [0.3, 0.4) is 0 Å². The van der Waals surface area contributed by atoms with Gasteiger partial charge in [0.15, 0.2) is 5.78 Å². The van der Waals surface area contributed by atoms with Crippen LogP contribution in [0.1, 0.15) is 33.2 Å². The smallest absolute Gasteiger partial charge is 0.253 e. The number of carbonyl (C=O) groups is 2. The highest BCUT2D eigenvalue weighted by Gasteiger charge is 2.18. The van der Waals surface area contributed by atoms with Crippen molar-refractivity contribution in [3.8, 4) is 0 Å². The minimum atomic E-state index is 0.0358. The van der Waals surface area contributed by atoms with E-state index < -0.39 is 0 Å². The number of carbonyl (C=O) groups excluding carboxylic acids is 2. The fraction of sp³-hybridized carbons (Fsp3) is 0.429. The lowest BCUT2D eigenvalue weighted by Crippen LogP contribution is -2.46. The van der Waals surface area contributed by atoms with Gasteiger partial charge in [0.25, 0.3) is 5.91 Å². The molecule has 1 aliphatic heterocycles. The normalized spacial score (nSPS) is 15.6. The minimum absolute atomic E-state index is 0.0358. The van der Waals surface area contributed by atoms with Crippen LogP contribution in [0.4, 0.5) is 0 Å². The summed E-state index contributed by atoms with van der Waals surface area (Å²) >= 11 is 0. The number of amides is 1. The Morgan fingerprint density at radius 2 is 1.89 bits per heavy atom. The predicted octanol–water partition coefficient (Wildman–Crippen LogP) is 1.24. The van der Waals surface area contributed by atoms with Crippen LogP contribution < -0.4 is 5.32 Å². The molecule has 0 atom stereocenters. The summed E-state index contributed by atoms with van der Waals surface area (Å²) in [6.07, 6.45) is 0. The van der Waals surface area contributed by atoms with E-state index in [1.165, 1.54) is 0 Å². The van der Waals surface area contributed by atoms with E-state index in [9.17, 15) is 9.59 Å². The predicted molar refractivity (Wildman–Crippen MR) is 70.0 cm³/mol. The maximum atomic E-state index is 12.2. The maximum absolute atomic E-state index is 12.2. The van der Waals surface area contributed by atoms with Crippen LogP contribution in [0.2, 0.25) is 0 Å². The first-order valence-corrected chi connectivity index (χ1v) is 6.21. The molecule has 2 rings (SSSR count). The SMILES string of the molecule is CC(=O)c1ccc(C(=O)N2CCNCC2)cc1C. The zero-order chi connectivity index (χ0) is 13.1. The first kappa shape index (κ1) is 12.8. The third-order valence-corrected chi connectivity index (χ3v) is 3.26. The number of nitrogens with zero attached hydrogens (tertiary/aromatic N) is 1. The molecular weight excluding hydrogens is 228 g/mol. The lowest BCUT2D eigenvalue weighted by molar-refractivity contribution is 0.0735. The summed E-state index contributed by atoms with van der Waals surface area (Å²) < 4.78 is 0. The highest BCUT2D eigenvalue weighted by atomic mass is 16.2. The molecule has 0 radical (unpaired) electrons. The van der Waals surface area contributed by atoms with Gasteiger partial charge in [-0.05, 0) is 31.5 Å². The highest BCUT2D eigenvalue weighted by molar-refractivity contribution is 5.99. The Labute approximate surface area is 107 Å². The lowest BCUT2D eigenvalue weighted by Gasteiger charge is -2.27. The summed E-state index contributed by atoms with van der Waals surface area (Å²) in [7, 11) is 0. The Bertz CT molecular complexity index is 477. The molecule has 0 spiro atoms. The number of rotatable bonds is 2. The summed E-state index contributed by atoms with van der Waals surface area (Å²) in [5.74, 6) is 0.0865. The van der Waals surface area contributed by atoms with Crippen molar-refractivity contribution in [1.82, 2.24) is 10.2 Å². The van der Waals surface area contributed by atoms with E-state index in [0.29, 0.717) is 11.1 Å². The fourth-order valence-electron chi connectivity index (χ4n) is 2.24. The summed E-state index contributed by atoms with van der Waals surface area (Å²) in [6, 6.07) is 5.29. The molecular formula is C14H18N2O2. The third-order valence-electron chi connectivity index (χ3n) is 3.26. The van der Waals surface area contributed by atoms with Gasteiger partial charge in [0, 0.05) is 37.3 Å². The average molecular weight is 246 g/mol. The number of benzene rings is 1. The molecule has 1 N–H and O–H groups in total. The van der Waals surface area contributed by atoms with Crippen molar-refractivity contribution in [2.45, 2.75) is 13.8 Å². The van der Waals surface area contributed by atoms with Gasteiger partial charge in [-0.15, -0.1) is 0 Å². The molecule has 0 saturated carbocycles. The summed E-state index contributed by atoms with van der Waals surface area (Å²) in [6.45, 7) is 6.58. The second kappa shape index (κ2) is 5.31. The Balaban J connectivity index is 2.20. The molecule has 1 amide bonds. The van der Waals surface area contributed by atoms with Gasteiger partial charge in [0.2, 0.25) is 0 Å².